The largest absolute Gasteiger partial charge is 0.465 e. The number of nitrogens with zero attached hydrogens (tertiary/aromatic N) is 1. The molecule has 0 saturated carbocycles. The van der Waals surface area contributed by atoms with Crippen molar-refractivity contribution in [1.82, 2.24) is 10.2 Å². The van der Waals surface area contributed by atoms with Gasteiger partial charge in [0, 0.05) is 18.8 Å². The van der Waals surface area contributed by atoms with Crippen LogP contribution in [0, 0.1) is 5.41 Å². The predicted octanol–water partition coefficient (Wildman–Crippen LogP) is 3.27. The monoisotopic (exact) mass is 418 g/mol. The summed E-state index contributed by atoms with van der Waals surface area (Å²) in [5.74, 6) is 2.24. The zero-order chi connectivity index (χ0) is 20.7. The number of likely N-dealkylation sites (tertiary alicyclic amines) is 1. The van der Waals surface area contributed by atoms with E-state index in [1.165, 1.54) is 29.9 Å². The Labute approximate surface area is 178 Å². The van der Waals surface area contributed by atoms with Gasteiger partial charge in [-0.1, -0.05) is 30.3 Å². The molecule has 2 fully saturated rings. The van der Waals surface area contributed by atoms with Gasteiger partial charge in [0.2, 0.25) is 5.91 Å². The number of thioether (sulfide) groups is 1. The lowest BCUT2D eigenvalue weighted by molar-refractivity contribution is -0.146. The molecule has 1 aromatic carbocycles. The van der Waals surface area contributed by atoms with Crippen LogP contribution in [0.15, 0.2) is 30.3 Å². The summed E-state index contributed by atoms with van der Waals surface area (Å²) in [6.45, 7) is 5.72. The second-order valence-corrected chi connectivity index (χ2v) is 9.49. The summed E-state index contributed by atoms with van der Waals surface area (Å²) in [6.07, 6.45) is 4.97. The van der Waals surface area contributed by atoms with Crippen LogP contribution < -0.4 is 5.32 Å². The summed E-state index contributed by atoms with van der Waals surface area (Å²) in [5, 5.41) is 3.27. The standard InChI is InChI=1S/C23H34N2O3S/c1-3-28-22(27)20(11-10-19-8-5-4-6-9-19)24-18(2)21(26)25-14-13-23(16-25)12-7-15-29-17-23/h4-6,8-9,18,20,24H,3,7,10-17H2,1-2H3/t18-,20?,23?/m0/s1. The molecule has 2 unspecified atom stereocenters. The summed E-state index contributed by atoms with van der Waals surface area (Å²) in [7, 11) is 0. The van der Waals surface area contributed by atoms with Crippen molar-refractivity contribution in [2.75, 3.05) is 31.2 Å². The number of aryl methyl sites for hydroxylation is 1. The maximum atomic E-state index is 13.1. The Morgan fingerprint density at radius 3 is 2.76 bits per heavy atom. The molecule has 3 rings (SSSR count). The highest BCUT2D eigenvalue weighted by Crippen LogP contribution is 2.42. The van der Waals surface area contributed by atoms with Gasteiger partial charge in [-0.05, 0) is 62.7 Å². The van der Waals surface area contributed by atoms with E-state index >= 15 is 0 Å². The molecule has 0 radical (unpaired) electrons. The number of carbonyl (C=O) groups excluding carboxylic acids is 2. The van der Waals surface area contributed by atoms with Crippen molar-refractivity contribution >= 4 is 23.6 Å². The fraction of sp³-hybridized carbons (Fsp3) is 0.652. The van der Waals surface area contributed by atoms with Gasteiger partial charge in [-0.15, -0.1) is 0 Å². The number of esters is 1. The Bertz CT molecular complexity index is 676. The Morgan fingerprint density at radius 2 is 2.07 bits per heavy atom. The van der Waals surface area contributed by atoms with Gasteiger partial charge < -0.3 is 9.64 Å². The van der Waals surface area contributed by atoms with Crippen molar-refractivity contribution < 1.29 is 14.3 Å². The van der Waals surface area contributed by atoms with Crippen LogP contribution in [-0.4, -0.2) is 60.1 Å². The first-order valence-corrected chi connectivity index (χ1v) is 12.0. The topological polar surface area (TPSA) is 58.6 Å². The third-order valence-electron chi connectivity index (χ3n) is 6.11. The smallest absolute Gasteiger partial charge is 0.323 e. The predicted molar refractivity (Wildman–Crippen MR) is 118 cm³/mol. The SMILES string of the molecule is CCOC(=O)C(CCc1ccccc1)N[C@@H](C)C(=O)N1CCC2(CCCSC2)C1. The van der Waals surface area contributed by atoms with Crippen molar-refractivity contribution in [3.05, 3.63) is 35.9 Å². The van der Waals surface area contributed by atoms with E-state index in [1.54, 1.807) is 0 Å². The van der Waals surface area contributed by atoms with Crippen LogP contribution in [0.25, 0.3) is 0 Å². The van der Waals surface area contributed by atoms with Crippen LogP contribution in [0.2, 0.25) is 0 Å². The summed E-state index contributed by atoms with van der Waals surface area (Å²) in [6, 6.07) is 9.23. The molecule has 1 aromatic rings. The molecule has 0 bridgehead atoms. The van der Waals surface area contributed by atoms with Gasteiger partial charge in [-0.2, -0.15) is 11.8 Å². The number of benzene rings is 1. The van der Waals surface area contributed by atoms with Crippen LogP contribution in [0.3, 0.4) is 0 Å². The van der Waals surface area contributed by atoms with Crippen LogP contribution in [-0.2, 0) is 20.7 Å². The molecule has 160 valence electrons. The van der Waals surface area contributed by atoms with Crippen molar-refractivity contribution in [2.45, 2.75) is 58.0 Å². The Kier molecular flexibility index (Phi) is 8.01. The minimum Gasteiger partial charge on any atom is -0.465 e. The molecule has 5 nitrogen and oxygen atoms in total. The summed E-state index contributed by atoms with van der Waals surface area (Å²) >= 11 is 2.02. The molecular formula is C23H34N2O3S. The van der Waals surface area contributed by atoms with Crippen molar-refractivity contribution in [1.29, 1.82) is 0 Å². The first kappa shape index (κ1) is 22.2. The van der Waals surface area contributed by atoms with Crippen LogP contribution in [0.1, 0.15) is 45.1 Å². The molecule has 3 atom stereocenters. The van der Waals surface area contributed by atoms with E-state index in [-0.39, 0.29) is 11.9 Å². The maximum absolute atomic E-state index is 13.1. The van der Waals surface area contributed by atoms with Crippen molar-refractivity contribution in [3.8, 4) is 0 Å². The van der Waals surface area contributed by atoms with Crippen LogP contribution in [0.4, 0.5) is 0 Å². The number of hydrogen-bond donors (Lipinski definition) is 1. The minimum absolute atomic E-state index is 0.103. The molecule has 29 heavy (non-hydrogen) atoms. The third-order valence-corrected chi connectivity index (χ3v) is 7.51. The summed E-state index contributed by atoms with van der Waals surface area (Å²) in [5.41, 5.74) is 1.49. The highest BCUT2D eigenvalue weighted by atomic mass is 32.2. The van der Waals surface area contributed by atoms with Crippen molar-refractivity contribution in [3.63, 3.8) is 0 Å². The number of carbonyl (C=O) groups is 2. The molecule has 1 N–H and O–H groups in total. The molecule has 2 saturated heterocycles. The fourth-order valence-electron chi connectivity index (χ4n) is 4.47. The second kappa shape index (κ2) is 10.5. The highest BCUT2D eigenvalue weighted by molar-refractivity contribution is 7.99. The van der Waals surface area contributed by atoms with Crippen LogP contribution in [0.5, 0.6) is 0 Å². The van der Waals surface area contributed by atoms with Gasteiger partial charge >= 0.3 is 5.97 Å². The molecule has 2 aliphatic rings. The third kappa shape index (κ3) is 5.98. The lowest BCUT2D eigenvalue weighted by Crippen LogP contribution is -2.51. The highest BCUT2D eigenvalue weighted by Gasteiger charge is 2.42. The van der Waals surface area contributed by atoms with E-state index in [0.29, 0.717) is 18.4 Å². The second-order valence-electron chi connectivity index (χ2n) is 8.38. The first-order chi connectivity index (χ1) is 14.0. The first-order valence-electron chi connectivity index (χ1n) is 10.9. The Morgan fingerprint density at radius 1 is 1.28 bits per heavy atom. The fourth-order valence-corrected chi connectivity index (χ4v) is 5.78. The average Bonchev–Trinajstić information content (AvgIpc) is 3.14. The molecular weight excluding hydrogens is 384 g/mol. The normalized spacial score (nSPS) is 23.7. The quantitative estimate of drug-likeness (QED) is 0.657. The van der Waals surface area contributed by atoms with Crippen molar-refractivity contribution in [2.24, 2.45) is 5.41 Å². The van der Waals surface area contributed by atoms with Gasteiger partial charge in [-0.3, -0.25) is 14.9 Å². The average molecular weight is 419 g/mol. The minimum atomic E-state index is -0.476. The molecule has 1 amide bonds. The molecule has 2 heterocycles. The number of hydrogen-bond acceptors (Lipinski definition) is 5. The zero-order valence-electron chi connectivity index (χ0n) is 17.7. The molecule has 2 aliphatic heterocycles. The van der Waals surface area contributed by atoms with E-state index < -0.39 is 12.1 Å². The van der Waals surface area contributed by atoms with Gasteiger partial charge in [0.05, 0.1) is 12.6 Å². The Balaban J connectivity index is 1.57. The van der Waals surface area contributed by atoms with Gasteiger partial charge in [0.1, 0.15) is 6.04 Å². The van der Waals surface area contributed by atoms with Crippen LogP contribution >= 0.6 is 11.8 Å². The van der Waals surface area contributed by atoms with E-state index in [4.69, 9.17) is 4.74 Å². The molecule has 0 aliphatic carbocycles. The Hall–Kier alpha value is -1.53. The summed E-state index contributed by atoms with van der Waals surface area (Å²) in [4.78, 5) is 27.5. The zero-order valence-corrected chi connectivity index (χ0v) is 18.5. The van der Waals surface area contributed by atoms with Gasteiger partial charge in [0.25, 0.3) is 0 Å². The number of ether oxygens (including phenoxy) is 1. The number of amides is 1. The lowest BCUT2D eigenvalue weighted by atomic mass is 9.84. The molecule has 1 spiro atoms. The molecule has 6 heteroatoms. The van der Waals surface area contributed by atoms with Gasteiger partial charge in [-0.25, -0.2) is 0 Å². The lowest BCUT2D eigenvalue weighted by Gasteiger charge is -2.33. The number of rotatable bonds is 8. The number of nitrogens with one attached hydrogen (secondary N) is 1. The summed E-state index contributed by atoms with van der Waals surface area (Å²) < 4.78 is 5.26. The maximum Gasteiger partial charge on any atom is 0.323 e. The molecule has 0 aromatic heterocycles. The van der Waals surface area contributed by atoms with Gasteiger partial charge in [0.15, 0.2) is 0 Å². The van der Waals surface area contributed by atoms with E-state index in [1.807, 2.05) is 48.7 Å². The van der Waals surface area contributed by atoms with E-state index in [2.05, 4.69) is 17.4 Å². The van der Waals surface area contributed by atoms with E-state index in [0.717, 1.165) is 25.9 Å². The van der Waals surface area contributed by atoms with E-state index in [9.17, 15) is 9.59 Å².